The van der Waals surface area contributed by atoms with Crippen molar-refractivity contribution in [3.05, 3.63) is 29.8 Å². The SMILES string of the molecule is CCCc1ccccc1N1CC(CSC(C)=O)CC1=O. The van der Waals surface area contributed by atoms with Gasteiger partial charge in [0.05, 0.1) is 0 Å². The Morgan fingerprint density at radius 2 is 2.15 bits per heavy atom. The Balaban J connectivity index is 2.09. The van der Waals surface area contributed by atoms with E-state index in [1.54, 1.807) is 6.92 Å². The predicted molar refractivity (Wildman–Crippen MR) is 84.0 cm³/mol. The van der Waals surface area contributed by atoms with E-state index < -0.39 is 0 Å². The molecule has 4 heteroatoms. The third-order valence-electron chi connectivity index (χ3n) is 3.53. The van der Waals surface area contributed by atoms with Crippen LogP contribution in [0.5, 0.6) is 0 Å². The number of carbonyl (C=O) groups excluding carboxylic acids is 2. The Kier molecular flexibility index (Phi) is 5.24. The fourth-order valence-corrected chi connectivity index (χ4v) is 3.31. The molecule has 1 fully saturated rings. The molecule has 108 valence electrons. The van der Waals surface area contributed by atoms with Gasteiger partial charge in [-0.25, -0.2) is 0 Å². The molecule has 1 aromatic rings. The summed E-state index contributed by atoms with van der Waals surface area (Å²) in [4.78, 5) is 25.2. The average Bonchev–Trinajstić information content (AvgIpc) is 2.79. The van der Waals surface area contributed by atoms with Crippen molar-refractivity contribution in [1.82, 2.24) is 0 Å². The van der Waals surface area contributed by atoms with Crippen LogP contribution < -0.4 is 4.90 Å². The van der Waals surface area contributed by atoms with Crippen LogP contribution in [0.2, 0.25) is 0 Å². The first-order valence-electron chi connectivity index (χ1n) is 7.13. The third kappa shape index (κ3) is 3.63. The Morgan fingerprint density at radius 3 is 2.85 bits per heavy atom. The Labute approximate surface area is 124 Å². The predicted octanol–water partition coefficient (Wildman–Crippen LogP) is 3.27. The zero-order valence-corrected chi connectivity index (χ0v) is 12.9. The van der Waals surface area contributed by atoms with Gasteiger partial charge in [-0.05, 0) is 24.0 Å². The van der Waals surface area contributed by atoms with E-state index in [0.29, 0.717) is 6.42 Å². The van der Waals surface area contributed by atoms with Gasteiger partial charge in [-0.1, -0.05) is 43.3 Å². The topological polar surface area (TPSA) is 37.4 Å². The molecule has 0 bridgehead atoms. The van der Waals surface area contributed by atoms with Crippen LogP contribution in [0.1, 0.15) is 32.3 Å². The van der Waals surface area contributed by atoms with Crippen molar-refractivity contribution >= 4 is 28.5 Å². The smallest absolute Gasteiger partial charge is 0.227 e. The van der Waals surface area contributed by atoms with Crippen LogP contribution in [-0.4, -0.2) is 23.3 Å². The van der Waals surface area contributed by atoms with Gasteiger partial charge in [0.15, 0.2) is 5.12 Å². The minimum absolute atomic E-state index is 0.127. The first-order valence-corrected chi connectivity index (χ1v) is 8.12. The Bertz CT molecular complexity index is 501. The monoisotopic (exact) mass is 291 g/mol. The summed E-state index contributed by atoms with van der Waals surface area (Å²) in [7, 11) is 0. The molecular weight excluding hydrogens is 270 g/mol. The fourth-order valence-electron chi connectivity index (χ4n) is 2.62. The number of aryl methyl sites for hydroxylation is 1. The molecule has 20 heavy (non-hydrogen) atoms. The van der Waals surface area contributed by atoms with Crippen molar-refractivity contribution in [3.63, 3.8) is 0 Å². The van der Waals surface area contributed by atoms with Crippen LogP contribution in [0.15, 0.2) is 24.3 Å². The van der Waals surface area contributed by atoms with Crippen LogP contribution in [-0.2, 0) is 16.0 Å². The van der Waals surface area contributed by atoms with E-state index in [0.717, 1.165) is 30.8 Å². The van der Waals surface area contributed by atoms with Crippen LogP contribution in [0.3, 0.4) is 0 Å². The van der Waals surface area contributed by atoms with Gasteiger partial charge < -0.3 is 4.90 Å². The van der Waals surface area contributed by atoms with E-state index in [4.69, 9.17) is 0 Å². The van der Waals surface area contributed by atoms with Gasteiger partial charge in [-0.15, -0.1) is 0 Å². The van der Waals surface area contributed by atoms with Crippen LogP contribution in [0, 0.1) is 5.92 Å². The molecule has 0 spiro atoms. The maximum absolute atomic E-state index is 12.2. The highest BCUT2D eigenvalue weighted by molar-refractivity contribution is 8.13. The summed E-state index contributed by atoms with van der Waals surface area (Å²) in [5, 5.41) is 0.127. The molecule has 1 saturated heterocycles. The molecule has 0 N–H and O–H groups in total. The summed E-state index contributed by atoms with van der Waals surface area (Å²) in [6.45, 7) is 4.46. The molecule has 0 aliphatic carbocycles. The second-order valence-electron chi connectivity index (χ2n) is 5.26. The minimum Gasteiger partial charge on any atom is -0.312 e. The number of carbonyl (C=O) groups is 2. The lowest BCUT2D eigenvalue weighted by molar-refractivity contribution is -0.117. The zero-order valence-electron chi connectivity index (χ0n) is 12.1. The van der Waals surface area contributed by atoms with E-state index >= 15 is 0 Å². The minimum atomic E-state index is 0.127. The van der Waals surface area contributed by atoms with Crippen molar-refractivity contribution in [2.75, 3.05) is 17.2 Å². The number of nitrogens with zero attached hydrogens (tertiary/aromatic N) is 1. The lowest BCUT2D eigenvalue weighted by Gasteiger charge is -2.20. The fraction of sp³-hybridized carbons (Fsp3) is 0.500. The van der Waals surface area contributed by atoms with Crippen LogP contribution in [0.4, 0.5) is 5.69 Å². The molecule has 1 atom stereocenters. The van der Waals surface area contributed by atoms with E-state index in [2.05, 4.69) is 13.0 Å². The van der Waals surface area contributed by atoms with Crippen molar-refractivity contribution in [2.24, 2.45) is 5.92 Å². The number of hydrogen-bond donors (Lipinski definition) is 0. The highest BCUT2D eigenvalue weighted by Crippen LogP contribution is 2.30. The molecule has 1 aliphatic rings. The molecule has 0 radical (unpaired) electrons. The number of rotatable bonds is 5. The van der Waals surface area contributed by atoms with Crippen LogP contribution in [0.25, 0.3) is 0 Å². The van der Waals surface area contributed by atoms with E-state index in [1.807, 2.05) is 23.1 Å². The largest absolute Gasteiger partial charge is 0.312 e. The summed E-state index contributed by atoms with van der Waals surface area (Å²) in [5.41, 5.74) is 2.29. The van der Waals surface area contributed by atoms with Crippen LogP contribution >= 0.6 is 11.8 Å². The maximum atomic E-state index is 12.2. The first-order chi connectivity index (χ1) is 9.61. The molecule has 0 aromatic heterocycles. The van der Waals surface area contributed by atoms with Gasteiger partial charge in [0.2, 0.25) is 5.91 Å². The molecule has 2 rings (SSSR count). The first kappa shape index (κ1) is 15.1. The summed E-state index contributed by atoms with van der Waals surface area (Å²) in [6.07, 6.45) is 2.62. The zero-order chi connectivity index (χ0) is 14.5. The lowest BCUT2D eigenvalue weighted by Crippen LogP contribution is -2.25. The number of anilines is 1. The van der Waals surface area contributed by atoms with E-state index in [-0.39, 0.29) is 16.9 Å². The molecule has 1 heterocycles. The Morgan fingerprint density at radius 1 is 1.40 bits per heavy atom. The van der Waals surface area contributed by atoms with E-state index in [9.17, 15) is 9.59 Å². The van der Waals surface area contributed by atoms with E-state index in [1.165, 1.54) is 17.3 Å². The highest BCUT2D eigenvalue weighted by Gasteiger charge is 2.31. The van der Waals surface area contributed by atoms with Crippen molar-refractivity contribution in [3.8, 4) is 0 Å². The number of amides is 1. The number of para-hydroxylation sites is 1. The third-order valence-corrected chi connectivity index (χ3v) is 4.57. The van der Waals surface area contributed by atoms with Crippen molar-refractivity contribution < 1.29 is 9.59 Å². The maximum Gasteiger partial charge on any atom is 0.227 e. The molecule has 1 aromatic carbocycles. The standard InChI is InChI=1S/C16H21NO2S/c1-3-6-14-7-4-5-8-15(14)17-10-13(9-16(17)19)11-20-12(2)18/h4-5,7-8,13H,3,6,9-11H2,1-2H3. The van der Waals surface area contributed by atoms with Crippen molar-refractivity contribution in [2.45, 2.75) is 33.1 Å². The molecule has 1 amide bonds. The number of hydrogen-bond acceptors (Lipinski definition) is 3. The second-order valence-corrected chi connectivity index (χ2v) is 6.45. The summed E-state index contributed by atoms with van der Waals surface area (Å²) < 4.78 is 0. The van der Waals surface area contributed by atoms with Gasteiger partial charge in [-0.3, -0.25) is 9.59 Å². The van der Waals surface area contributed by atoms with Gasteiger partial charge >= 0.3 is 0 Å². The van der Waals surface area contributed by atoms with Crippen molar-refractivity contribution in [1.29, 1.82) is 0 Å². The molecule has 1 unspecified atom stereocenters. The Hall–Kier alpha value is -1.29. The molecule has 0 saturated carbocycles. The molecule has 1 aliphatic heterocycles. The second kappa shape index (κ2) is 6.93. The molecular formula is C16H21NO2S. The van der Waals surface area contributed by atoms with Gasteiger partial charge in [-0.2, -0.15) is 0 Å². The summed E-state index contributed by atoms with van der Waals surface area (Å²) in [5.74, 6) is 1.21. The average molecular weight is 291 g/mol. The highest BCUT2D eigenvalue weighted by atomic mass is 32.2. The summed E-state index contributed by atoms with van der Waals surface area (Å²) in [6, 6.07) is 8.14. The van der Waals surface area contributed by atoms with Gasteiger partial charge in [0.25, 0.3) is 0 Å². The summed E-state index contributed by atoms with van der Waals surface area (Å²) >= 11 is 1.32. The number of benzene rings is 1. The normalized spacial score (nSPS) is 18.6. The van der Waals surface area contributed by atoms with Gasteiger partial charge in [0, 0.05) is 31.3 Å². The van der Waals surface area contributed by atoms with Gasteiger partial charge in [0.1, 0.15) is 0 Å². The quantitative estimate of drug-likeness (QED) is 0.835. The lowest BCUT2D eigenvalue weighted by atomic mass is 10.1. The number of thioether (sulfide) groups is 1. The molecule has 3 nitrogen and oxygen atoms in total.